The summed E-state index contributed by atoms with van der Waals surface area (Å²) in [7, 11) is 0. The number of aliphatic hydroxyl groups is 2. The quantitative estimate of drug-likeness (QED) is 0.154. The molecule has 0 aliphatic carbocycles. The van der Waals surface area contributed by atoms with Gasteiger partial charge in [-0.15, -0.1) is 0 Å². The van der Waals surface area contributed by atoms with Crippen LogP contribution in [0, 0.1) is 5.92 Å². The molecule has 1 aliphatic rings. The molecule has 8 N–H and O–H groups in total. The maximum atomic E-state index is 12.7. The summed E-state index contributed by atoms with van der Waals surface area (Å²) in [4.78, 5) is 61.8. The van der Waals surface area contributed by atoms with Gasteiger partial charge in [-0.05, 0) is 18.8 Å². The molecule has 0 aromatic rings. The zero-order chi connectivity index (χ0) is 24.4. The van der Waals surface area contributed by atoms with E-state index in [4.69, 9.17) is 10.8 Å². The molecule has 1 fully saturated rings. The van der Waals surface area contributed by atoms with E-state index in [0.717, 1.165) is 0 Å². The molecule has 5 atom stereocenters. The molecule has 1 rings (SSSR count). The third-order valence-corrected chi connectivity index (χ3v) is 5.42. The number of carbonyl (C=O) groups excluding carboxylic acids is 4. The molecule has 1 aliphatic heterocycles. The Labute approximate surface area is 185 Å². The predicted octanol–water partition coefficient (Wildman–Crippen LogP) is -3.49. The van der Waals surface area contributed by atoms with Crippen molar-refractivity contribution in [3.05, 3.63) is 0 Å². The van der Waals surface area contributed by atoms with Crippen molar-refractivity contribution >= 4 is 29.6 Å². The highest BCUT2D eigenvalue weighted by molar-refractivity contribution is 5.94. The van der Waals surface area contributed by atoms with E-state index < -0.39 is 73.5 Å². The van der Waals surface area contributed by atoms with Gasteiger partial charge in [-0.1, -0.05) is 20.3 Å². The fourth-order valence-corrected chi connectivity index (χ4v) is 3.22. The molecule has 13 nitrogen and oxygen atoms in total. The highest BCUT2D eigenvalue weighted by atomic mass is 16.4. The summed E-state index contributed by atoms with van der Waals surface area (Å²) >= 11 is 0. The van der Waals surface area contributed by atoms with Crippen LogP contribution in [0.5, 0.6) is 0 Å². The van der Waals surface area contributed by atoms with E-state index in [1.54, 1.807) is 13.8 Å². The van der Waals surface area contributed by atoms with E-state index >= 15 is 0 Å². The number of carboxylic acids is 1. The Morgan fingerprint density at radius 1 is 1.09 bits per heavy atom. The molecular formula is C19H33N5O8. The molecule has 0 radical (unpaired) electrons. The van der Waals surface area contributed by atoms with E-state index in [9.17, 15) is 34.2 Å². The fraction of sp³-hybridized carbons (Fsp3) is 0.737. The lowest BCUT2D eigenvalue weighted by Crippen LogP contribution is -2.58. The van der Waals surface area contributed by atoms with E-state index in [1.165, 1.54) is 4.90 Å². The second-order valence-electron chi connectivity index (χ2n) is 7.71. The van der Waals surface area contributed by atoms with Gasteiger partial charge < -0.3 is 41.9 Å². The molecule has 1 saturated heterocycles. The number of likely N-dealkylation sites (tertiary alicyclic amines) is 1. The van der Waals surface area contributed by atoms with Crippen molar-refractivity contribution in [1.29, 1.82) is 0 Å². The molecule has 0 saturated carbocycles. The number of aliphatic carboxylic acids is 1. The normalized spacial score (nSPS) is 19.4. The van der Waals surface area contributed by atoms with Crippen LogP contribution in [0.2, 0.25) is 0 Å². The van der Waals surface area contributed by atoms with Crippen molar-refractivity contribution in [2.45, 2.75) is 57.3 Å². The molecule has 0 unspecified atom stereocenters. The number of nitrogens with zero attached hydrogens (tertiary/aromatic N) is 1. The SMILES string of the molecule is CC[C@H](C)[C@H](NC(=O)[C@H](CO)NC(=O)[C@@H]1CCCN1C(=O)CNC(=O)[C@@H](N)CO)C(=O)O. The lowest BCUT2D eigenvalue weighted by Gasteiger charge is -2.27. The van der Waals surface area contributed by atoms with Crippen LogP contribution in [0.25, 0.3) is 0 Å². The monoisotopic (exact) mass is 459 g/mol. The molecule has 182 valence electrons. The Balaban J connectivity index is 2.74. The summed E-state index contributed by atoms with van der Waals surface area (Å²) in [5.74, 6) is -4.40. The average Bonchev–Trinajstić information content (AvgIpc) is 3.27. The smallest absolute Gasteiger partial charge is 0.326 e. The van der Waals surface area contributed by atoms with Gasteiger partial charge in [0.15, 0.2) is 0 Å². The van der Waals surface area contributed by atoms with Crippen LogP contribution in [-0.4, -0.2) is 100 Å². The first kappa shape index (κ1) is 27.3. The van der Waals surface area contributed by atoms with E-state index in [-0.39, 0.29) is 12.5 Å². The molecule has 13 heteroatoms. The van der Waals surface area contributed by atoms with Gasteiger partial charge in [0, 0.05) is 6.54 Å². The van der Waals surface area contributed by atoms with Crippen LogP contribution in [-0.2, 0) is 24.0 Å². The van der Waals surface area contributed by atoms with Gasteiger partial charge in [0.1, 0.15) is 24.2 Å². The second kappa shape index (κ2) is 12.9. The standard InChI is InChI=1S/C19H33N5O8/c1-3-10(2)15(19(31)32)23-17(29)12(9-26)22-18(30)13-5-4-6-24(13)14(27)7-21-16(28)11(20)8-25/h10-13,15,25-26H,3-9,20H2,1-2H3,(H,21,28)(H,22,30)(H,23,29)(H,31,32)/t10-,11-,12-,13-,15-/m0/s1. The van der Waals surface area contributed by atoms with Gasteiger partial charge >= 0.3 is 5.97 Å². The van der Waals surface area contributed by atoms with E-state index in [1.807, 2.05) is 0 Å². The number of carboxylic acid groups (broad SMARTS) is 1. The minimum atomic E-state index is -1.40. The number of amides is 4. The largest absolute Gasteiger partial charge is 0.480 e. The number of aliphatic hydroxyl groups excluding tert-OH is 2. The number of rotatable bonds is 12. The van der Waals surface area contributed by atoms with Crippen molar-refractivity contribution in [3.63, 3.8) is 0 Å². The maximum Gasteiger partial charge on any atom is 0.326 e. The van der Waals surface area contributed by atoms with Gasteiger partial charge in [0.25, 0.3) is 0 Å². The van der Waals surface area contributed by atoms with Crippen LogP contribution in [0.1, 0.15) is 33.1 Å². The van der Waals surface area contributed by atoms with Crippen LogP contribution in [0.4, 0.5) is 0 Å². The number of carbonyl (C=O) groups is 5. The second-order valence-corrected chi connectivity index (χ2v) is 7.71. The van der Waals surface area contributed by atoms with Crippen LogP contribution >= 0.6 is 0 Å². The fourth-order valence-electron chi connectivity index (χ4n) is 3.22. The first-order valence-electron chi connectivity index (χ1n) is 10.4. The molecule has 0 aromatic carbocycles. The van der Waals surface area contributed by atoms with E-state index in [0.29, 0.717) is 19.3 Å². The molecule has 32 heavy (non-hydrogen) atoms. The molecular weight excluding hydrogens is 426 g/mol. The van der Waals surface area contributed by atoms with Crippen molar-refractivity contribution < 1.29 is 39.3 Å². The molecule has 0 bridgehead atoms. The van der Waals surface area contributed by atoms with Gasteiger partial charge in [-0.2, -0.15) is 0 Å². The first-order valence-corrected chi connectivity index (χ1v) is 10.4. The Bertz CT molecular complexity index is 703. The highest BCUT2D eigenvalue weighted by Crippen LogP contribution is 2.17. The molecule has 4 amide bonds. The summed E-state index contributed by atoms with van der Waals surface area (Å²) in [6, 6.07) is -4.67. The Hall–Kier alpha value is -2.77. The summed E-state index contributed by atoms with van der Waals surface area (Å²) < 4.78 is 0. The van der Waals surface area contributed by atoms with Gasteiger partial charge in [0.2, 0.25) is 23.6 Å². The van der Waals surface area contributed by atoms with Gasteiger partial charge in [-0.3, -0.25) is 19.2 Å². The minimum absolute atomic E-state index is 0.254. The molecule has 0 aromatic heterocycles. The average molecular weight is 460 g/mol. The summed E-state index contributed by atoms with van der Waals surface area (Å²) in [6.07, 6.45) is 1.32. The third-order valence-electron chi connectivity index (χ3n) is 5.42. The Kier molecular flexibility index (Phi) is 11.0. The van der Waals surface area contributed by atoms with Gasteiger partial charge in [-0.25, -0.2) is 4.79 Å². The number of nitrogens with two attached hydrogens (primary N) is 1. The van der Waals surface area contributed by atoms with E-state index in [2.05, 4.69) is 16.0 Å². The van der Waals surface area contributed by atoms with Crippen LogP contribution in [0.3, 0.4) is 0 Å². The molecule has 0 spiro atoms. The highest BCUT2D eigenvalue weighted by Gasteiger charge is 2.36. The minimum Gasteiger partial charge on any atom is -0.480 e. The van der Waals surface area contributed by atoms with Crippen molar-refractivity contribution in [2.24, 2.45) is 11.7 Å². The Morgan fingerprint density at radius 3 is 2.28 bits per heavy atom. The molecule has 1 heterocycles. The van der Waals surface area contributed by atoms with Crippen LogP contribution < -0.4 is 21.7 Å². The number of hydrogen-bond donors (Lipinski definition) is 7. The zero-order valence-corrected chi connectivity index (χ0v) is 18.2. The zero-order valence-electron chi connectivity index (χ0n) is 18.2. The van der Waals surface area contributed by atoms with Crippen molar-refractivity contribution in [2.75, 3.05) is 26.3 Å². The predicted molar refractivity (Wildman–Crippen MR) is 111 cm³/mol. The summed E-state index contributed by atoms with van der Waals surface area (Å²) in [5, 5.41) is 34.7. The lowest BCUT2D eigenvalue weighted by atomic mass is 9.99. The maximum absolute atomic E-state index is 12.7. The van der Waals surface area contributed by atoms with Gasteiger partial charge in [0.05, 0.1) is 19.8 Å². The Morgan fingerprint density at radius 2 is 1.75 bits per heavy atom. The number of nitrogens with one attached hydrogen (secondary N) is 3. The summed E-state index contributed by atoms with van der Waals surface area (Å²) in [6.45, 7) is 1.90. The topological polar surface area (TPSA) is 211 Å². The first-order chi connectivity index (χ1) is 15.1. The van der Waals surface area contributed by atoms with Crippen LogP contribution in [0.15, 0.2) is 0 Å². The van der Waals surface area contributed by atoms with Crippen molar-refractivity contribution in [1.82, 2.24) is 20.9 Å². The van der Waals surface area contributed by atoms with Crippen molar-refractivity contribution in [3.8, 4) is 0 Å². The summed E-state index contributed by atoms with van der Waals surface area (Å²) in [5.41, 5.74) is 5.36. The lowest BCUT2D eigenvalue weighted by molar-refractivity contribution is -0.144. The third kappa shape index (κ3) is 7.43. The number of hydrogen-bond acceptors (Lipinski definition) is 8.